The van der Waals surface area contributed by atoms with Crippen molar-refractivity contribution >= 4 is 9.84 Å². The van der Waals surface area contributed by atoms with Gasteiger partial charge in [-0.15, -0.1) is 0 Å². The normalized spacial score (nSPS) is 37.7. The number of hydrogen-bond donors (Lipinski definition) is 1. The van der Waals surface area contributed by atoms with Crippen LogP contribution in [-0.4, -0.2) is 34.2 Å². The van der Waals surface area contributed by atoms with Gasteiger partial charge in [0.15, 0.2) is 9.84 Å². The van der Waals surface area contributed by atoms with Crippen molar-refractivity contribution in [2.75, 3.05) is 0 Å². The van der Waals surface area contributed by atoms with Gasteiger partial charge < -0.3 is 5.11 Å². The van der Waals surface area contributed by atoms with E-state index in [4.69, 9.17) is 0 Å². The zero-order valence-electron chi connectivity index (χ0n) is 10.2. The van der Waals surface area contributed by atoms with Crippen molar-refractivity contribution in [2.45, 2.75) is 48.7 Å². The van der Waals surface area contributed by atoms with Crippen LogP contribution in [0.3, 0.4) is 0 Å². The van der Waals surface area contributed by atoms with E-state index in [1.807, 2.05) is 6.92 Å². The number of aryl methyl sites for hydroxylation is 1. The standard InChI is InChI=1S/C12H16N2O3S/c1-8-2-5-11(14-13-8)12(15)6-9-3-4-10(7-12)18(9,16)17/h2,5,9-10,15H,3-4,6-7H2,1H3. The quantitative estimate of drug-likeness (QED) is 0.811. The predicted molar refractivity (Wildman–Crippen MR) is 65.6 cm³/mol. The molecule has 1 aromatic heterocycles. The van der Waals surface area contributed by atoms with Crippen molar-refractivity contribution < 1.29 is 13.5 Å². The first-order valence-corrected chi connectivity index (χ1v) is 7.79. The maximum Gasteiger partial charge on any atom is 0.156 e. The zero-order valence-corrected chi connectivity index (χ0v) is 11.0. The van der Waals surface area contributed by atoms with E-state index in [1.165, 1.54) is 0 Å². The fourth-order valence-electron chi connectivity index (χ4n) is 3.10. The Kier molecular flexibility index (Phi) is 2.50. The van der Waals surface area contributed by atoms with Gasteiger partial charge in [-0.1, -0.05) is 0 Å². The highest BCUT2D eigenvalue weighted by atomic mass is 32.2. The van der Waals surface area contributed by atoms with Gasteiger partial charge in [-0.3, -0.25) is 0 Å². The van der Waals surface area contributed by atoms with Crippen LogP contribution >= 0.6 is 0 Å². The molecule has 2 fully saturated rings. The van der Waals surface area contributed by atoms with Gasteiger partial charge in [-0.25, -0.2) is 8.42 Å². The summed E-state index contributed by atoms with van der Waals surface area (Å²) in [5.41, 5.74) is 0.159. The summed E-state index contributed by atoms with van der Waals surface area (Å²) in [6, 6.07) is 3.55. The topological polar surface area (TPSA) is 80.1 Å². The largest absolute Gasteiger partial charge is 0.383 e. The molecule has 2 bridgehead atoms. The molecular formula is C12H16N2O3S. The molecule has 5 nitrogen and oxygen atoms in total. The maximum atomic E-state index is 12.0. The van der Waals surface area contributed by atoms with Gasteiger partial charge in [0.1, 0.15) is 5.60 Å². The lowest BCUT2D eigenvalue weighted by atomic mass is 9.90. The summed E-state index contributed by atoms with van der Waals surface area (Å²) in [7, 11) is -3.02. The van der Waals surface area contributed by atoms with Crippen LogP contribution in [0.15, 0.2) is 12.1 Å². The molecule has 2 saturated heterocycles. The van der Waals surface area contributed by atoms with Crippen LogP contribution in [-0.2, 0) is 15.4 Å². The van der Waals surface area contributed by atoms with Crippen LogP contribution in [0.1, 0.15) is 37.1 Å². The molecule has 0 spiro atoms. The Balaban J connectivity index is 1.97. The number of rotatable bonds is 1. The highest BCUT2D eigenvalue weighted by Crippen LogP contribution is 2.46. The summed E-state index contributed by atoms with van der Waals surface area (Å²) in [6.45, 7) is 1.83. The molecule has 0 amide bonds. The molecule has 2 atom stereocenters. The fourth-order valence-corrected chi connectivity index (χ4v) is 5.59. The van der Waals surface area contributed by atoms with Crippen molar-refractivity contribution in [3.8, 4) is 0 Å². The third-order valence-electron chi connectivity index (χ3n) is 4.15. The van der Waals surface area contributed by atoms with E-state index in [1.54, 1.807) is 12.1 Å². The second-order valence-corrected chi connectivity index (χ2v) is 7.92. The van der Waals surface area contributed by atoms with Crippen LogP contribution in [0.2, 0.25) is 0 Å². The van der Waals surface area contributed by atoms with Crippen molar-refractivity contribution in [1.82, 2.24) is 10.2 Å². The van der Waals surface area contributed by atoms with Crippen molar-refractivity contribution in [1.29, 1.82) is 0 Å². The maximum absolute atomic E-state index is 12.0. The van der Waals surface area contributed by atoms with E-state index in [-0.39, 0.29) is 12.8 Å². The molecule has 0 saturated carbocycles. The number of aromatic nitrogens is 2. The molecule has 98 valence electrons. The van der Waals surface area contributed by atoms with Crippen LogP contribution < -0.4 is 0 Å². The van der Waals surface area contributed by atoms with Gasteiger partial charge in [0.2, 0.25) is 0 Å². The summed E-state index contributed by atoms with van der Waals surface area (Å²) in [5, 5.41) is 17.8. The van der Waals surface area contributed by atoms with E-state index in [9.17, 15) is 13.5 Å². The number of nitrogens with zero attached hydrogens (tertiary/aromatic N) is 2. The molecule has 2 unspecified atom stereocenters. The first-order valence-electron chi connectivity index (χ1n) is 6.18. The monoisotopic (exact) mass is 268 g/mol. The molecule has 6 heteroatoms. The second-order valence-electron chi connectivity index (χ2n) is 5.41. The van der Waals surface area contributed by atoms with Crippen LogP contribution in [0.5, 0.6) is 0 Å². The van der Waals surface area contributed by atoms with Crippen LogP contribution in [0, 0.1) is 6.92 Å². The molecule has 18 heavy (non-hydrogen) atoms. The fraction of sp³-hybridized carbons (Fsp3) is 0.667. The predicted octanol–water partition coefficient (Wildman–Crippen LogP) is 0.712. The molecule has 2 aliphatic rings. The first kappa shape index (κ1) is 12.0. The molecular weight excluding hydrogens is 252 g/mol. The molecule has 1 aromatic rings. The van der Waals surface area contributed by atoms with Crippen molar-refractivity contribution in [3.05, 3.63) is 23.5 Å². The number of sulfone groups is 1. The van der Waals surface area contributed by atoms with Gasteiger partial charge in [-0.2, -0.15) is 10.2 Å². The van der Waals surface area contributed by atoms with Crippen LogP contribution in [0.4, 0.5) is 0 Å². The first-order chi connectivity index (χ1) is 8.42. The van der Waals surface area contributed by atoms with Gasteiger partial charge in [-0.05, 0) is 44.7 Å². The minimum Gasteiger partial charge on any atom is -0.383 e. The minimum absolute atomic E-state index is 0.254. The number of aliphatic hydroxyl groups is 1. The molecule has 3 rings (SSSR count). The average molecular weight is 268 g/mol. The van der Waals surface area contributed by atoms with Gasteiger partial charge in [0.05, 0.1) is 21.9 Å². The number of hydrogen-bond acceptors (Lipinski definition) is 5. The highest BCUT2D eigenvalue weighted by Gasteiger charge is 2.53. The second kappa shape index (κ2) is 3.74. The summed E-state index contributed by atoms with van der Waals surface area (Å²) >= 11 is 0. The Hall–Kier alpha value is -1.01. The molecule has 2 aliphatic heterocycles. The summed E-state index contributed by atoms with van der Waals surface area (Å²) < 4.78 is 24.0. The minimum atomic E-state index is -3.02. The van der Waals surface area contributed by atoms with Gasteiger partial charge in [0.25, 0.3) is 0 Å². The Morgan fingerprint density at radius 3 is 2.33 bits per heavy atom. The van der Waals surface area contributed by atoms with Crippen molar-refractivity contribution in [3.63, 3.8) is 0 Å². The Labute approximate surface area is 106 Å². The lowest BCUT2D eigenvalue weighted by molar-refractivity contribution is 0.0122. The molecule has 0 aromatic carbocycles. The summed E-state index contributed by atoms with van der Waals surface area (Å²) in [4.78, 5) is 0. The molecule has 0 aliphatic carbocycles. The average Bonchev–Trinajstić information content (AvgIpc) is 2.51. The lowest BCUT2D eigenvalue weighted by Gasteiger charge is -2.35. The van der Waals surface area contributed by atoms with Gasteiger partial charge >= 0.3 is 0 Å². The van der Waals surface area contributed by atoms with Crippen molar-refractivity contribution in [2.24, 2.45) is 0 Å². The molecule has 1 N–H and O–H groups in total. The lowest BCUT2D eigenvalue weighted by Crippen LogP contribution is -2.43. The summed E-state index contributed by atoms with van der Waals surface area (Å²) in [5.74, 6) is 0. The Morgan fingerprint density at radius 2 is 1.83 bits per heavy atom. The SMILES string of the molecule is Cc1ccc(C2(O)CC3CCC(C2)S3(=O)=O)nn1. The van der Waals surface area contributed by atoms with E-state index < -0.39 is 25.9 Å². The third-order valence-corrected chi connectivity index (χ3v) is 6.81. The zero-order chi connectivity index (χ0) is 13.0. The third kappa shape index (κ3) is 1.66. The number of fused-ring (bicyclic) bond motifs is 2. The smallest absolute Gasteiger partial charge is 0.156 e. The van der Waals surface area contributed by atoms with Gasteiger partial charge in [0, 0.05) is 0 Å². The molecule has 3 heterocycles. The molecule has 0 radical (unpaired) electrons. The van der Waals surface area contributed by atoms with Crippen LogP contribution in [0.25, 0.3) is 0 Å². The van der Waals surface area contributed by atoms with E-state index in [2.05, 4.69) is 10.2 Å². The highest BCUT2D eigenvalue weighted by molar-refractivity contribution is 7.93. The van der Waals surface area contributed by atoms with E-state index >= 15 is 0 Å². The van der Waals surface area contributed by atoms with E-state index in [0.29, 0.717) is 18.5 Å². The summed E-state index contributed by atoms with van der Waals surface area (Å²) in [6.07, 6.45) is 1.83. The Morgan fingerprint density at radius 1 is 1.22 bits per heavy atom. The van der Waals surface area contributed by atoms with E-state index in [0.717, 1.165) is 5.69 Å². The Bertz CT molecular complexity index is 547.